The summed E-state index contributed by atoms with van der Waals surface area (Å²) in [6.45, 7) is 6.96. The van der Waals surface area contributed by atoms with E-state index in [1.807, 2.05) is 0 Å². The lowest BCUT2D eigenvalue weighted by Gasteiger charge is -2.34. The Bertz CT molecular complexity index is 877. The van der Waals surface area contributed by atoms with Gasteiger partial charge in [0.15, 0.2) is 0 Å². The van der Waals surface area contributed by atoms with Crippen molar-refractivity contribution in [3.63, 3.8) is 0 Å². The number of carbonyl (C=O) groups excluding carboxylic acids is 1. The number of carbonyl (C=O) groups is 1. The van der Waals surface area contributed by atoms with E-state index in [1.165, 1.54) is 18.4 Å². The fourth-order valence-electron chi connectivity index (χ4n) is 3.48. The van der Waals surface area contributed by atoms with Crippen LogP contribution < -0.4 is 5.32 Å². The molecule has 1 aromatic carbocycles. The van der Waals surface area contributed by atoms with Gasteiger partial charge in [-0.05, 0) is 55.5 Å². The number of piperidine rings is 1. The molecule has 7 heteroatoms. The molecule has 140 valence electrons. The molecule has 3 rings (SSSR count). The third-order valence-electron chi connectivity index (χ3n) is 4.69. The van der Waals surface area contributed by atoms with Crippen LogP contribution in [0.25, 0.3) is 0 Å². The van der Waals surface area contributed by atoms with E-state index in [9.17, 15) is 13.2 Å². The largest absolute Gasteiger partial charge is 0.469 e. The van der Waals surface area contributed by atoms with E-state index in [-0.39, 0.29) is 10.8 Å². The van der Waals surface area contributed by atoms with Gasteiger partial charge in [0.25, 0.3) is 5.91 Å². The first kappa shape index (κ1) is 18.7. The Labute approximate surface area is 154 Å². The van der Waals surface area contributed by atoms with Gasteiger partial charge in [0, 0.05) is 18.8 Å². The van der Waals surface area contributed by atoms with Crippen molar-refractivity contribution >= 4 is 21.6 Å². The van der Waals surface area contributed by atoms with Crippen molar-refractivity contribution in [3.8, 4) is 0 Å². The lowest BCUT2D eigenvalue weighted by molar-refractivity contribution is 0.102. The molecule has 1 N–H and O–H groups in total. The molecule has 0 bridgehead atoms. The summed E-state index contributed by atoms with van der Waals surface area (Å²) >= 11 is 0. The van der Waals surface area contributed by atoms with E-state index in [0.29, 0.717) is 41.9 Å². The van der Waals surface area contributed by atoms with Crippen LogP contribution in [0.15, 0.2) is 45.9 Å². The van der Waals surface area contributed by atoms with Gasteiger partial charge in [0.05, 0.1) is 16.7 Å². The molecular formula is C19H24N2O4S. The summed E-state index contributed by atoms with van der Waals surface area (Å²) in [5.74, 6) is 0.955. The van der Waals surface area contributed by atoms with E-state index in [1.54, 1.807) is 29.4 Å². The van der Waals surface area contributed by atoms with Gasteiger partial charge in [-0.3, -0.25) is 4.79 Å². The molecule has 1 fully saturated rings. The van der Waals surface area contributed by atoms with Gasteiger partial charge in [-0.2, -0.15) is 4.31 Å². The molecule has 0 saturated carbocycles. The predicted octanol–water partition coefficient (Wildman–Crippen LogP) is 3.51. The highest BCUT2D eigenvalue weighted by Crippen LogP contribution is 2.27. The lowest BCUT2D eigenvalue weighted by Crippen LogP contribution is -2.42. The molecule has 0 spiro atoms. The highest BCUT2D eigenvalue weighted by Gasteiger charge is 2.31. The Balaban J connectivity index is 1.74. The molecule has 2 heterocycles. The summed E-state index contributed by atoms with van der Waals surface area (Å²) in [5.41, 5.74) is 0.993. The van der Waals surface area contributed by atoms with E-state index >= 15 is 0 Å². The first-order valence-electron chi connectivity index (χ1n) is 8.73. The number of hydrogen-bond acceptors (Lipinski definition) is 4. The molecule has 2 atom stereocenters. The van der Waals surface area contributed by atoms with E-state index in [4.69, 9.17) is 4.42 Å². The predicted molar refractivity (Wildman–Crippen MR) is 99.5 cm³/mol. The Morgan fingerprint density at radius 1 is 1.12 bits per heavy atom. The summed E-state index contributed by atoms with van der Waals surface area (Å²) in [7, 11) is -3.52. The minimum absolute atomic E-state index is 0.247. The van der Waals surface area contributed by atoms with Crippen LogP contribution in [-0.2, 0) is 10.0 Å². The van der Waals surface area contributed by atoms with Gasteiger partial charge in [-0.25, -0.2) is 8.42 Å². The number of benzene rings is 1. The molecule has 2 aromatic rings. The number of sulfonamides is 1. The van der Waals surface area contributed by atoms with Crippen molar-refractivity contribution in [2.45, 2.75) is 32.1 Å². The Morgan fingerprint density at radius 2 is 1.73 bits per heavy atom. The normalized spacial score (nSPS) is 21.5. The Kier molecular flexibility index (Phi) is 5.20. The van der Waals surface area contributed by atoms with Gasteiger partial charge >= 0.3 is 0 Å². The number of aryl methyl sites for hydroxylation is 1. The van der Waals surface area contributed by atoms with Crippen molar-refractivity contribution < 1.29 is 17.6 Å². The number of hydrogen-bond donors (Lipinski definition) is 1. The average molecular weight is 376 g/mol. The summed E-state index contributed by atoms with van der Waals surface area (Å²) in [4.78, 5) is 12.4. The van der Waals surface area contributed by atoms with Crippen LogP contribution in [0, 0.1) is 18.8 Å². The summed E-state index contributed by atoms with van der Waals surface area (Å²) in [6, 6.07) is 7.89. The van der Waals surface area contributed by atoms with Gasteiger partial charge in [-0.1, -0.05) is 13.8 Å². The molecule has 1 amide bonds. The van der Waals surface area contributed by atoms with Gasteiger partial charge < -0.3 is 9.73 Å². The first-order valence-corrected chi connectivity index (χ1v) is 10.2. The van der Waals surface area contributed by atoms with Crippen molar-refractivity contribution in [2.75, 3.05) is 18.4 Å². The monoisotopic (exact) mass is 376 g/mol. The van der Waals surface area contributed by atoms with Crippen LogP contribution in [0.1, 0.15) is 36.4 Å². The van der Waals surface area contributed by atoms with Gasteiger partial charge in [-0.15, -0.1) is 0 Å². The zero-order valence-corrected chi connectivity index (χ0v) is 16.0. The number of nitrogens with one attached hydrogen (secondary N) is 1. The minimum atomic E-state index is -3.52. The molecule has 0 radical (unpaired) electrons. The van der Waals surface area contributed by atoms with Crippen LogP contribution >= 0.6 is 0 Å². The second-order valence-corrected chi connectivity index (χ2v) is 9.07. The first-order chi connectivity index (χ1) is 12.3. The number of amides is 1. The fourth-order valence-corrected chi connectivity index (χ4v) is 5.16. The number of rotatable bonds is 4. The second kappa shape index (κ2) is 7.25. The number of furan rings is 1. The van der Waals surface area contributed by atoms with Crippen molar-refractivity contribution in [1.29, 1.82) is 0 Å². The second-order valence-electron chi connectivity index (χ2n) is 7.14. The highest BCUT2D eigenvalue weighted by molar-refractivity contribution is 7.89. The standard InChI is InChI=1S/C19H24N2O4S/c1-13-10-14(2)12-21(11-13)26(23,24)17-6-4-16(5-7-17)20-19(22)18-8-9-25-15(18)3/h4-9,13-14H,10-12H2,1-3H3,(H,20,22)/t13-,14+. The molecule has 0 aliphatic carbocycles. The molecular weight excluding hydrogens is 352 g/mol. The average Bonchev–Trinajstić information content (AvgIpc) is 3.00. The van der Waals surface area contributed by atoms with Crippen LogP contribution in [0.2, 0.25) is 0 Å². The molecule has 0 unspecified atom stereocenters. The third kappa shape index (κ3) is 3.83. The quantitative estimate of drug-likeness (QED) is 0.886. The maximum Gasteiger partial charge on any atom is 0.259 e. The molecule has 6 nitrogen and oxygen atoms in total. The third-order valence-corrected chi connectivity index (χ3v) is 6.53. The number of nitrogens with zero attached hydrogens (tertiary/aromatic N) is 1. The lowest BCUT2D eigenvalue weighted by atomic mass is 9.94. The summed E-state index contributed by atoms with van der Waals surface area (Å²) in [6.07, 6.45) is 2.50. The highest BCUT2D eigenvalue weighted by atomic mass is 32.2. The topological polar surface area (TPSA) is 79.6 Å². The smallest absolute Gasteiger partial charge is 0.259 e. The van der Waals surface area contributed by atoms with Crippen molar-refractivity contribution in [2.24, 2.45) is 11.8 Å². The van der Waals surface area contributed by atoms with Crippen LogP contribution in [0.3, 0.4) is 0 Å². The molecule has 1 saturated heterocycles. The maximum absolute atomic E-state index is 12.9. The SMILES string of the molecule is Cc1occc1C(=O)Nc1ccc(S(=O)(=O)N2C[C@H](C)C[C@H](C)C2)cc1. The molecule has 1 aliphatic heterocycles. The van der Waals surface area contributed by atoms with Gasteiger partial charge in [0.2, 0.25) is 10.0 Å². The Morgan fingerprint density at radius 3 is 2.27 bits per heavy atom. The van der Waals surface area contributed by atoms with Crippen LogP contribution in [0.4, 0.5) is 5.69 Å². The van der Waals surface area contributed by atoms with Crippen molar-refractivity contribution in [3.05, 3.63) is 47.9 Å². The zero-order chi connectivity index (χ0) is 18.9. The molecule has 1 aliphatic rings. The van der Waals surface area contributed by atoms with Crippen LogP contribution in [-0.4, -0.2) is 31.7 Å². The van der Waals surface area contributed by atoms with Gasteiger partial charge in [0.1, 0.15) is 5.76 Å². The van der Waals surface area contributed by atoms with Crippen molar-refractivity contribution in [1.82, 2.24) is 4.31 Å². The van der Waals surface area contributed by atoms with E-state index in [2.05, 4.69) is 19.2 Å². The summed E-state index contributed by atoms with van der Waals surface area (Å²) < 4.78 is 32.4. The van der Waals surface area contributed by atoms with E-state index < -0.39 is 10.0 Å². The Hall–Kier alpha value is -2.12. The zero-order valence-electron chi connectivity index (χ0n) is 15.2. The number of anilines is 1. The van der Waals surface area contributed by atoms with Crippen LogP contribution in [0.5, 0.6) is 0 Å². The summed E-state index contributed by atoms with van der Waals surface area (Å²) in [5, 5.41) is 2.75. The molecule has 1 aromatic heterocycles. The molecule has 26 heavy (non-hydrogen) atoms. The van der Waals surface area contributed by atoms with E-state index in [0.717, 1.165) is 6.42 Å². The minimum Gasteiger partial charge on any atom is -0.469 e. The fraction of sp³-hybridized carbons (Fsp3) is 0.421. The maximum atomic E-state index is 12.9.